The highest BCUT2D eigenvalue weighted by molar-refractivity contribution is 5.89. The lowest BCUT2D eigenvalue weighted by molar-refractivity contribution is 0.0600. The Labute approximate surface area is 195 Å². The molecule has 3 aromatic heterocycles. The molecule has 0 aliphatic carbocycles. The number of anilines is 3. The lowest BCUT2D eigenvalue weighted by Crippen LogP contribution is -2.04. The van der Waals surface area contributed by atoms with Gasteiger partial charge in [-0.25, -0.2) is 9.78 Å². The largest absolute Gasteiger partial charge is 0.472 e. The first-order chi connectivity index (χ1) is 15.6. The fourth-order valence-electron chi connectivity index (χ4n) is 2.82. The van der Waals surface area contributed by atoms with E-state index in [1.54, 1.807) is 36.5 Å². The number of halogens is 1. The van der Waals surface area contributed by atoms with Gasteiger partial charge in [0, 0.05) is 18.3 Å². The number of hydrogen-bond acceptors (Lipinski definition) is 10. The summed E-state index contributed by atoms with van der Waals surface area (Å²) >= 11 is 0. The van der Waals surface area contributed by atoms with Crippen LogP contribution in [0.3, 0.4) is 0 Å². The van der Waals surface area contributed by atoms with E-state index in [1.807, 2.05) is 19.1 Å². The Morgan fingerprint density at radius 3 is 2.88 bits per heavy atom. The van der Waals surface area contributed by atoms with E-state index in [4.69, 9.17) is 14.0 Å². The molecular formula is C21H22ClN7O4. The van der Waals surface area contributed by atoms with Crippen molar-refractivity contribution >= 4 is 36.0 Å². The van der Waals surface area contributed by atoms with E-state index >= 15 is 0 Å². The monoisotopic (exact) mass is 471 g/mol. The number of benzene rings is 1. The van der Waals surface area contributed by atoms with Gasteiger partial charge < -0.3 is 24.6 Å². The van der Waals surface area contributed by atoms with Crippen LogP contribution in [0.5, 0.6) is 5.88 Å². The maximum atomic E-state index is 11.6. The van der Waals surface area contributed by atoms with Gasteiger partial charge in [-0.3, -0.25) is 5.10 Å². The molecule has 0 spiro atoms. The first kappa shape index (κ1) is 23.5. The number of aromatic nitrogens is 5. The Hall–Kier alpha value is -4.12. The van der Waals surface area contributed by atoms with Crippen LogP contribution >= 0.6 is 12.4 Å². The second-order valence-corrected chi connectivity index (χ2v) is 6.78. The lowest BCUT2D eigenvalue weighted by Gasteiger charge is -2.06. The molecule has 0 bridgehead atoms. The molecule has 0 aliphatic heterocycles. The minimum absolute atomic E-state index is 0. The van der Waals surface area contributed by atoms with Crippen LogP contribution < -0.4 is 15.4 Å². The molecular weight excluding hydrogens is 450 g/mol. The number of ether oxygens (including phenoxy) is 2. The molecule has 1 aromatic carbocycles. The van der Waals surface area contributed by atoms with E-state index in [0.29, 0.717) is 41.3 Å². The minimum atomic E-state index is -0.396. The molecule has 0 saturated carbocycles. The van der Waals surface area contributed by atoms with Gasteiger partial charge in [0.05, 0.1) is 24.9 Å². The molecule has 0 fully saturated rings. The van der Waals surface area contributed by atoms with Crippen LogP contribution in [-0.4, -0.2) is 38.4 Å². The smallest absolute Gasteiger partial charge is 0.337 e. The zero-order valence-corrected chi connectivity index (χ0v) is 18.7. The van der Waals surface area contributed by atoms with Crippen molar-refractivity contribution in [3.05, 3.63) is 71.2 Å². The summed E-state index contributed by atoms with van der Waals surface area (Å²) in [6.45, 7) is 2.52. The van der Waals surface area contributed by atoms with Crippen LogP contribution in [-0.2, 0) is 17.9 Å². The second kappa shape index (κ2) is 11.0. The normalized spacial score (nSPS) is 10.2. The molecule has 3 N–H and O–H groups in total. The first-order valence-corrected chi connectivity index (χ1v) is 9.70. The molecule has 0 atom stereocenters. The first-order valence-electron chi connectivity index (χ1n) is 9.70. The number of nitrogens with zero attached hydrogens (tertiary/aromatic N) is 4. The molecule has 0 amide bonds. The third kappa shape index (κ3) is 6.43. The number of esters is 1. The van der Waals surface area contributed by atoms with Crippen molar-refractivity contribution in [1.29, 1.82) is 0 Å². The molecule has 0 radical (unpaired) electrons. The van der Waals surface area contributed by atoms with E-state index in [-0.39, 0.29) is 19.0 Å². The summed E-state index contributed by atoms with van der Waals surface area (Å²) in [5.74, 6) is 2.29. The number of hydrogen-bond donors (Lipinski definition) is 3. The van der Waals surface area contributed by atoms with Gasteiger partial charge in [-0.15, -0.1) is 17.5 Å². The third-order valence-corrected chi connectivity index (χ3v) is 4.30. The van der Waals surface area contributed by atoms with Crippen molar-refractivity contribution in [2.75, 3.05) is 17.7 Å². The number of methoxy groups -OCH3 is 1. The third-order valence-electron chi connectivity index (χ3n) is 4.30. The van der Waals surface area contributed by atoms with E-state index in [2.05, 4.69) is 36.0 Å². The summed E-state index contributed by atoms with van der Waals surface area (Å²) in [4.78, 5) is 20.2. The highest BCUT2D eigenvalue weighted by Crippen LogP contribution is 2.19. The molecule has 11 nitrogen and oxygen atoms in total. The van der Waals surface area contributed by atoms with Crippen molar-refractivity contribution < 1.29 is 18.8 Å². The van der Waals surface area contributed by atoms with Crippen LogP contribution in [0.2, 0.25) is 0 Å². The zero-order chi connectivity index (χ0) is 22.3. The van der Waals surface area contributed by atoms with Gasteiger partial charge in [0.2, 0.25) is 11.8 Å². The maximum Gasteiger partial charge on any atom is 0.337 e. The van der Waals surface area contributed by atoms with Crippen molar-refractivity contribution in [3.8, 4) is 5.88 Å². The van der Waals surface area contributed by atoms with Crippen LogP contribution in [0.25, 0.3) is 0 Å². The average molecular weight is 472 g/mol. The summed E-state index contributed by atoms with van der Waals surface area (Å²) in [7, 11) is 1.35. The number of H-pyrrole nitrogens is 1. The van der Waals surface area contributed by atoms with Gasteiger partial charge >= 0.3 is 5.97 Å². The standard InChI is InChI=1S/C21H21N7O4.ClH/c1-13-8-16(32-28-13)11-23-21-22-7-6-17(25-21)24-18-10-19(27-26-18)31-12-14-4-3-5-15(9-14)20(29)30-2;/h3-10H,11-12H2,1-2H3,(H3,22,23,24,25,26,27);1H. The molecule has 0 aliphatic rings. The number of carbonyl (C=O) groups is 1. The van der Waals surface area contributed by atoms with E-state index < -0.39 is 5.97 Å². The highest BCUT2D eigenvalue weighted by atomic mass is 35.5. The van der Waals surface area contributed by atoms with Crippen molar-refractivity contribution in [1.82, 2.24) is 25.3 Å². The van der Waals surface area contributed by atoms with E-state index in [9.17, 15) is 4.79 Å². The summed E-state index contributed by atoms with van der Waals surface area (Å²) < 4.78 is 15.6. The minimum Gasteiger partial charge on any atom is -0.472 e. The quantitative estimate of drug-likeness (QED) is 0.310. The van der Waals surface area contributed by atoms with E-state index in [0.717, 1.165) is 11.3 Å². The number of aryl methyl sites for hydroxylation is 1. The topological polar surface area (TPSA) is 140 Å². The number of rotatable bonds is 9. The zero-order valence-electron chi connectivity index (χ0n) is 17.9. The number of aromatic amines is 1. The molecule has 0 saturated heterocycles. The van der Waals surface area contributed by atoms with Gasteiger partial charge in [0.1, 0.15) is 18.2 Å². The molecule has 172 valence electrons. The molecule has 12 heteroatoms. The average Bonchev–Trinajstić information content (AvgIpc) is 3.44. The molecule has 33 heavy (non-hydrogen) atoms. The van der Waals surface area contributed by atoms with Gasteiger partial charge in [0.25, 0.3) is 0 Å². The Kier molecular flexibility index (Phi) is 7.82. The predicted molar refractivity (Wildman–Crippen MR) is 122 cm³/mol. The molecule has 3 heterocycles. The van der Waals surface area contributed by atoms with Crippen LogP contribution in [0, 0.1) is 6.92 Å². The summed E-state index contributed by atoms with van der Waals surface area (Å²) in [6.07, 6.45) is 1.63. The second-order valence-electron chi connectivity index (χ2n) is 6.78. The lowest BCUT2D eigenvalue weighted by atomic mass is 10.1. The van der Waals surface area contributed by atoms with Crippen LogP contribution in [0.1, 0.15) is 27.4 Å². The fraction of sp³-hybridized carbons (Fsp3) is 0.190. The summed E-state index contributed by atoms with van der Waals surface area (Å²) in [5, 5.41) is 17.0. The Balaban J connectivity index is 0.00000306. The van der Waals surface area contributed by atoms with Crippen molar-refractivity contribution in [2.45, 2.75) is 20.1 Å². The Morgan fingerprint density at radius 1 is 1.21 bits per heavy atom. The molecule has 4 rings (SSSR count). The van der Waals surface area contributed by atoms with Crippen LogP contribution in [0.4, 0.5) is 17.6 Å². The van der Waals surface area contributed by atoms with Gasteiger partial charge in [-0.05, 0) is 30.7 Å². The van der Waals surface area contributed by atoms with Crippen molar-refractivity contribution in [2.24, 2.45) is 0 Å². The maximum absolute atomic E-state index is 11.6. The molecule has 4 aromatic rings. The van der Waals surface area contributed by atoms with Gasteiger partial charge in [0.15, 0.2) is 5.76 Å². The van der Waals surface area contributed by atoms with E-state index in [1.165, 1.54) is 7.11 Å². The summed E-state index contributed by atoms with van der Waals surface area (Å²) in [5.41, 5.74) is 2.09. The van der Waals surface area contributed by atoms with Gasteiger partial charge in [-0.2, -0.15) is 4.98 Å². The SMILES string of the molecule is COC(=O)c1cccc(COc2cc(Nc3ccnc(NCc4cc(C)no4)n3)[nH]n2)c1.Cl. The highest BCUT2D eigenvalue weighted by Gasteiger charge is 2.08. The Bertz CT molecular complexity index is 1210. The number of carbonyl (C=O) groups excluding carboxylic acids is 1. The van der Waals surface area contributed by atoms with Crippen LogP contribution in [0.15, 0.2) is 53.2 Å². The van der Waals surface area contributed by atoms with Gasteiger partial charge in [-0.1, -0.05) is 17.3 Å². The molecule has 0 unspecified atom stereocenters. The predicted octanol–water partition coefficient (Wildman–Crippen LogP) is 3.64. The Morgan fingerprint density at radius 2 is 2.09 bits per heavy atom. The fourth-order valence-corrected chi connectivity index (χ4v) is 2.82. The number of nitrogens with one attached hydrogen (secondary N) is 3. The summed E-state index contributed by atoms with van der Waals surface area (Å²) in [6, 6.07) is 12.3. The van der Waals surface area contributed by atoms with Crippen molar-refractivity contribution in [3.63, 3.8) is 0 Å².